The van der Waals surface area contributed by atoms with E-state index in [-0.39, 0.29) is 12.3 Å². The van der Waals surface area contributed by atoms with Crippen LogP contribution in [0.3, 0.4) is 0 Å². The Balaban J connectivity index is 2.78. The van der Waals surface area contributed by atoms with E-state index in [2.05, 4.69) is 9.53 Å². The quantitative estimate of drug-likeness (QED) is 0.166. The second-order valence-corrected chi connectivity index (χ2v) is 3.71. The van der Waals surface area contributed by atoms with Gasteiger partial charge < -0.3 is 10.3 Å². The average molecular weight is 255 g/mol. The predicted molar refractivity (Wildman–Crippen MR) is 59.2 cm³/mol. The Morgan fingerprint density at radius 2 is 2.18 bits per heavy atom. The molecule has 8 heteroatoms. The monoisotopic (exact) mass is 255 g/mol. The molecular formula is C9H9N3O4S. The van der Waals surface area contributed by atoms with E-state index in [0.29, 0.717) is 11.4 Å². The van der Waals surface area contributed by atoms with Crippen LogP contribution >= 0.6 is 12.2 Å². The molecule has 0 aromatic carbocycles. The van der Waals surface area contributed by atoms with Crippen LogP contribution in [0.2, 0.25) is 0 Å². The van der Waals surface area contributed by atoms with Crippen LogP contribution in [0, 0.1) is 0 Å². The summed E-state index contributed by atoms with van der Waals surface area (Å²) in [5.74, 6) is -2.17. The van der Waals surface area contributed by atoms with Crippen molar-refractivity contribution in [3.05, 3.63) is 5.53 Å². The summed E-state index contributed by atoms with van der Waals surface area (Å²) in [4.78, 5) is 38.0. The second-order valence-electron chi connectivity index (χ2n) is 3.24. The molecule has 1 amide bonds. The van der Waals surface area contributed by atoms with Gasteiger partial charge in [0.2, 0.25) is 5.91 Å². The Morgan fingerprint density at radius 1 is 1.53 bits per heavy atom. The van der Waals surface area contributed by atoms with Gasteiger partial charge in [-0.3, -0.25) is 14.5 Å². The molecule has 0 spiro atoms. The van der Waals surface area contributed by atoms with Crippen LogP contribution in [0.5, 0.6) is 0 Å². The topological polar surface area (TPSA) is 100 Å². The zero-order chi connectivity index (χ0) is 13.0. The van der Waals surface area contributed by atoms with Gasteiger partial charge in [0.05, 0.1) is 18.6 Å². The van der Waals surface area contributed by atoms with E-state index in [1.54, 1.807) is 0 Å². The number of amides is 1. The van der Waals surface area contributed by atoms with Gasteiger partial charge in [-0.15, -0.1) is 0 Å². The molecule has 0 atom stereocenters. The van der Waals surface area contributed by atoms with Crippen LogP contribution in [0.15, 0.2) is 0 Å². The van der Waals surface area contributed by atoms with Crippen molar-refractivity contribution >= 4 is 40.6 Å². The molecule has 0 N–H and O–H groups in total. The third-order valence-electron chi connectivity index (χ3n) is 2.20. The molecule has 1 aliphatic heterocycles. The van der Waals surface area contributed by atoms with Gasteiger partial charge in [0.15, 0.2) is 0 Å². The smallest absolute Gasteiger partial charge is 0.443 e. The molecule has 1 heterocycles. The van der Waals surface area contributed by atoms with Crippen LogP contribution in [0.4, 0.5) is 0 Å². The van der Waals surface area contributed by atoms with Crippen LogP contribution in [-0.4, -0.2) is 51.7 Å². The molecule has 0 aromatic heterocycles. The van der Waals surface area contributed by atoms with E-state index in [1.807, 2.05) is 0 Å². The van der Waals surface area contributed by atoms with Gasteiger partial charge in [-0.2, -0.15) is 4.79 Å². The lowest BCUT2D eigenvalue weighted by molar-refractivity contribution is -0.140. The largest absolute Gasteiger partial charge is 0.460 e. The van der Waals surface area contributed by atoms with Crippen molar-refractivity contribution in [2.24, 2.45) is 0 Å². The molecule has 1 rings (SSSR count). The first-order valence-electron chi connectivity index (χ1n) is 4.68. The van der Waals surface area contributed by atoms with Gasteiger partial charge in [-0.25, -0.2) is 4.79 Å². The highest BCUT2D eigenvalue weighted by atomic mass is 32.1. The van der Waals surface area contributed by atoms with Gasteiger partial charge in [0, 0.05) is 12.8 Å². The highest BCUT2D eigenvalue weighted by Crippen LogP contribution is 2.13. The van der Waals surface area contributed by atoms with Crippen molar-refractivity contribution in [2.75, 3.05) is 13.7 Å². The van der Waals surface area contributed by atoms with Gasteiger partial charge >= 0.3 is 11.7 Å². The van der Waals surface area contributed by atoms with Crippen molar-refractivity contribution in [2.45, 2.75) is 12.8 Å². The summed E-state index contributed by atoms with van der Waals surface area (Å²) in [5.41, 5.74) is 7.78. The van der Waals surface area contributed by atoms with E-state index in [1.165, 1.54) is 0 Å². The first-order valence-corrected chi connectivity index (χ1v) is 5.08. The second kappa shape index (κ2) is 5.42. The number of carbonyl (C=O) groups is 3. The first-order chi connectivity index (χ1) is 8.01. The zero-order valence-electron chi connectivity index (χ0n) is 9.00. The maximum absolute atomic E-state index is 11.6. The van der Waals surface area contributed by atoms with Crippen LogP contribution in [0.1, 0.15) is 12.8 Å². The van der Waals surface area contributed by atoms with Crippen LogP contribution in [-0.2, 0) is 19.1 Å². The Kier molecular flexibility index (Phi) is 4.19. The Morgan fingerprint density at radius 3 is 2.59 bits per heavy atom. The van der Waals surface area contributed by atoms with Crippen molar-refractivity contribution in [3.8, 4) is 0 Å². The Hall–Kier alpha value is -1.92. The summed E-state index contributed by atoms with van der Waals surface area (Å²) < 4.78 is 4.26. The summed E-state index contributed by atoms with van der Waals surface area (Å²) in [6.45, 7) is -0.411. The Bertz CT molecular complexity index is 437. The highest BCUT2D eigenvalue weighted by Gasteiger charge is 2.35. The molecule has 1 fully saturated rings. The molecular weight excluding hydrogens is 246 g/mol. The van der Waals surface area contributed by atoms with Gasteiger partial charge in [0.1, 0.15) is 0 Å². The number of ether oxygens (including phenoxy) is 1. The Labute approximate surface area is 102 Å². The van der Waals surface area contributed by atoms with Crippen LogP contribution < -0.4 is 0 Å². The standard InChI is InChI=1S/C9H9N3O4S/c1-16-9(15)8(11-10)5(13)4-12-6(14)2-3-7(12)17/h2-4H2,1H3. The maximum atomic E-state index is 11.6. The number of nitrogens with zero attached hydrogens (tertiary/aromatic N) is 3. The van der Waals surface area contributed by atoms with E-state index >= 15 is 0 Å². The lowest BCUT2D eigenvalue weighted by Gasteiger charge is -2.12. The molecule has 0 aromatic rings. The fourth-order valence-electron chi connectivity index (χ4n) is 1.32. The minimum absolute atomic E-state index is 0.246. The number of thiocarbonyl (C=S) groups is 1. The summed E-state index contributed by atoms with van der Waals surface area (Å²) >= 11 is 4.89. The molecule has 0 bridgehead atoms. The third-order valence-corrected chi connectivity index (χ3v) is 2.62. The summed E-state index contributed by atoms with van der Waals surface area (Å²) in [6.07, 6.45) is 0.654. The van der Waals surface area contributed by atoms with Gasteiger partial charge in [-0.05, 0) is 0 Å². The van der Waals surface area contributed by atoms with E-state index in [9.17, 15) is 14.4 Å². The normalized spacial score (nSPS) is 14.5. The number of hydrogen-bond acceptors (Lipinski definition) is 5. The fourth-order valence-corrected chi connectivity index (χ4v) is 1.59. The number of methoxy groups -OCH3 is 1. The number of esters is 1. The number of likely N-dealkylation sites (tertiary alicyclic amines) is 1. The summed E-state index contributed by atoms with van der Waals surface area (Å²) in [6, 6.07) is 0. The van der Waals surface area contributed by atoms with Gasteiger partial charge in [0.25, 0.3) is 5.78 Å². The molecule has 0 radical (unpaired) electrons. The van der Waals surface area contributed by atoms with Crippen molar-refractivity contribution in [1.82, 2.24) is 4.90 Å². The first kappa shape index (κ1) is 13.1. The van der Waals surface area contributed by atoms with Crippen molar-refractivity contribution in [1.29, 1.82) is 0 Å². The summed E-state index contributed by atoms with van der Waals surface area (Å²) in [7, 11) is 1.05. The molecule has 90 valence electrons. The average Bonchev–Trinajstić information content (AvgIpc) is 2.61. The molecule has 7 nitrogen and oxygen atoms in total. The van der Waals surface area contributed by atoms with E-state index in [0.717, 1.165) is 12.0 Å². The van der Waals surface area contributed by atoms with E-state index in [4.69, 9.17) is 17.7 Å². The van der Waals surface area contributed by atoms with E-state index < -0.39 is 24.0 Å². The third kappa shape index (κ3) is 2.80. The summed E-state index contributed by atoms with van der Waals surface area (Å²) in [5, 5.41) is 0. The van der Waals surface area contributed by atoms with Crippen molar-refractivity contribution in [3.63, 3.8) is 0 Å². The molecule has 1 aliphatic rings. The minimum atomic E-state index is -1.06. The van der Waals surface area contributed by atoms with Crippen molar-refractivity contribution < 1.29 is 23.9 Å². The molecule has 0 aliphatic carbocycles. The van der Waals surface area contributed by atoms with Gasteiger partial charge in [-0.1, -0.05) is 12.2 Å². The number of rotatable bonds is 4. The molecule has 0 saturated carbocycles. The molecule has 1 saturated heterocycles. The molecule has 17 heavy (non-hydrogen) atoms. The maximum Gasteiger partial charge on any atom is 0.443 e. The number of hydrogen-bond donors (Lipinski definition) is 0. The predicted octanol–water partition coefficient (Wildman–Crippen LogP) is -0.651. The zero-order valence-corrected chi connectivity index (χ0v) is 9.82. The SMILES string of the molecule is COC(=O)C(=[N+]=[N-])C(=O)CN1C(=O)CCC1=S. The molecule has 0 unspecified atom stereocenters. The number of carbonyl (C=O) groups excluding carboxylic acids is 3. The minimum Gasteiger partial charge on any atom is -0.460 e. The number of ketones is 1. The fraction of sp³-hybridized carbons (Fsp3) is 0.444. The lowest BCUT2D eigenvalue weighted by Crippen LogP contribution is -2.39. The van der Waals surface area contributed by atoms with Crippen LogP contribution in [0.25, 0.3) is 5.53 Å². The lowest BCUT2D eigenvalue weighted by atomic mass is 10.2. The highest BCUT2D eigenvalue weighted by molar-refractivity contribution is 7.80. The number of Topliss-reactive ketones (excluding diaryl/α,β-unsaturated/α-hetero) is 1.